The van der Waals surface area contributed by atoms with Crippen LogP contribution < -0.4 is 0 Å². The molecule has 0 aromatic carbocycles. The topological polar surface area (TPSA) is 23.5 Å². The lowest BCUT2D eigenvalue weighted by Gasteiger charge is -2.16. The molecule has 2 aliphatic rings. The van der Waals surface area contributed by atoms with Crippen molar-refractivity contribution in [2.45, 2.75) is 25.0 Å². The molecule has 0 bridgehead atoms. The Morgan fingerprint density at radius 3 is 3.09 bits per heavy atom. The van der Waals surface area contributed by atoms with Gasteiger partial charge in [0.25, 0.3) is 0 Å². The molecule has 0 saturated carbocycles. The Kier molecular flexibility index (Phi) is 1.74. The van der Waals surface area contributed by atoms with Gasteiger partial charge in [0.1, 0.15) is 0 Å². The van der Waals surface area contributed by atoms with Gasteiger partial charge in [0.15, 0.2) is 0 Å². The molecule has 0 aliphatic carbocycles. The van der Waals surface area contributed by atoms with Crippen LogP contribution in [0, 0.1) is 5.92 Å². The first-order valence-corrected chi connectivity index (χ1v) is 4.37. The second-order valence-corrected chi connectivity index (χ2v) is 3.58. The molecule has 2 saturated heterocycles. The maximum Gasteiger partial charge on any atom is 0.0744 e. The van der Waals surface area contributed by atoms with Gasteiger partial charge < -0.3 is 5.11 Å². The fraction of sp³-hybridized carbons (Fsp3) is 0.778. The number of nitrogens with zero attached hydrogens (tertiary/aromatic N) is 1. The number of aliphatic hydroxyl groups excluding tert-OH is 1. The zero-order valence-electron chi connectivity index (χ0n) is 6.74. The van der Waals surface area contributed by atoms with Crippen LogP contribution in [0.2, 0.25) is 0 Å². The van der Waals surface area contributed by atoms with E-state index in [-0.39, 0.29) is 6.10 Å². The Morgan fingerprint density at radius 1 is 1.55 bits per heavy atom. The summed E-state index contributed by atoms with van der Waals surface area (Å²) in [5.74, 6) is 0.331. The van der Waals surface area contributed by atoms with Crippen molar-refractivity contribution < 1.29 is 5.11 Å². The van der Waals surface area contributed by atoms with Gasteiger partial charge >= 0.3 is 0 Å². The van der Waals surface area contributed by atoms with Gasteiger partial charge in [0, 0.05) is 18.5 Å². The molecule has 0 aromatic rings. The molecule has 1 N–H and O–H groups in total. The molecule has 62 valence electrons. The third kappa shape index (κ3) is 1.01. The number of fused-ring (bicyclic) bond motifs is 1. The van der Waals surface area contributed by atoms with Crippen LogP contribution in [0.1, 0.15) is 12.8 Å². The first kappa shape index (κ1) is 7.32. The third-order valence-corrected chi connectivity index (χ3v) is 3.00. The zero-order valence-corrected chi connectivity index (χ0v) is 6.74. The van der Waals surface area contributed by atoms with E-state index in [0.29, 0.717) is 12.0 Å². The van der Waals surface area contributed by atoms with Crippen LogP contribution in [0.15, 0.2) is 12.7 Å². The molecule has 2 fully saturated rings. The second kappa shape index (κ2) is 2.61. The summed E-state index contributed by atoms with van der Waals surface area (Å²) in [4.78, 5) is 2.39. The number of hydrogen-bond acceptors (Lipinski definition) is 2. The zero-order chi connectivity index (χ0) is 7.84. The Hall–Kier alpha value is -0.340. The van der Waals surface area contributed by atoms with Gasteiger partial charge in [-0.15, -0.1) is 6.58 Å². The molecule has 0 radical (unpaired) electrons. The Balaban J connectivity index is 2.13. The number of aliphatic hydroxyl groups is 1. The van der Waals surface area contributed by atoms with Crippen molar-refractivity contribution >= 4 is 0 Å². The molecule has 2 heteroatoms. The predicted molar refractivity (Wildman–Crippen MR) is 44.3 cm³/mol. The Bertz CT molecular complexity index is 169. The predicted octanol–water partition coefficient (Wildman–Crippen LogP) is 0.627. The Morgan fingerprint density at radius 2 is 2.36 bits per heavy atom. The SMILES string of the molecule is C=C[C@@H]1[C@H](O)CN2CCC[C@@H]12. The van der Waals surface area contributed by atoms with Crippen LogP contribution in [0.4, 0.5) is 0 Å². The highest BCUT2D eigenvalue weighted by atomic mass is 16.3. The van der Waals surface area contributed by atoms with Crippen molar-refractivity contribution in [3.63, 3.8) is 0 Å². The molecule has 2 rings (SSSR count). The van der Waals surface area contributed by atoms with E-state index in [4.69, 9.17) is 0 Å². The maximum absolute atomic E-state index is 9.58. The van der Waals surface area contributed by atoms with E-state index in [1.165, 1.54) is 19.4 Å². The highest BCUT2D eigenvalue weighted by Crippen LogP contribution is 2.33. The fourth-order valence-electron chi connectivity index (χ4n) is 2.45. The van der Waals surface area contributed by atoms with Crippen LogP contribution in [0.3, 0.4) is 0 Å². The van der Waals surface area contributed by atoms with Crippen molar-refractivity contribution in [1.29, 1.82) is 0 Å². The second-order valence-electron chi connectivity index (χ2n) is 3.58. The lowest BCUT2D eigenvalue weighted by Crippen LogP contribution is -2.25. The van der Waals surface area contributed by atoms with Gasteiger partial charge in [-0.1, -0.05) is 6.08 Å². The van der Waals surface area contributed by atoms with Gasteiger partial charge in [0.05, 0.1) is 6.10 Å². The summed E-state index contributed by atoms with van der Waals surface area (Å²) in [6, 6.07) is 0.600. The minimum atomic E-state index is -0.155. The lowest BCUT2D eigenvalue weighted by atomic mass is 9.97. The smallest absolute Gasteiger partial charge is 0.0744 e. The average Bonchev–Trinajstić information content (AvgIpc) is 2.46. The van der Waals surface area contributed by atoms with Gasteiger partial charge in [0.2, 0.25) is 0 Å². The standard InChI is InChI=1S/C9H15NO/c1-2-7-8-4-3-5-10(8)6-9(7)11/h2,7-9,11H,1,3-6H2/t7-,8-,9+/m0/s1. The largest absolute Gasteiger partial charge is 0.391 e. The van der Waals surface area contributed by atoms with E-state index in [0.717, 1.165) is 6.54 Å². The minimum absolute atomic E-state index is 0.155. The molecule has 0 aromatic heterocycles. The van der Waals surface area contributed by atoms with E-state index in [1.807, 2.05) is 6.08 Å². The normalized spacial score (nSPS) is 44.3. The van der Waals surface area contributed by atoms with Crippen molar-refractivity contribution in [1.82, 2.24) is 4.90 Å². The fourth-order valence-corrected chi connectivity index (χ4v) is 2.45. The van der Waals surface area contributed by atoms with E-state index in [2.05, 4.69) is 11.5 Å². The van der Waals surface area contributed by atoms with E-state index >= 15 is 0 Å². The molecule has 0 spiro atoms. The van der Waals surface area contributed by atoms with Crippen molar-refractivity contribution in [3.8, 4) is 0 Å². The van der Waals surface area contributed by atoms with Crippen LogP contribution in [0.5, 0.6) is 0 Å². The summed E-state index contributed by atoms with van der Waals surface area (Å²) >= 11 is 0. The van der Waals surface area contributed by atoms with Gasteiger partial charge in [-0.2, -0.15) is 0 Å². The van der Waals surface area contributed by atoms with Crippen molar-refractivity contribution in [3.05, 3.63) is 12.7 Å². The van der Waals surface area contributed by atoms with Gasteiger partial charge in [-0.25, -0.2) is 0 Å². The van der Waals surface area contributed by atoms with Crippen LogP contribution in [-0.2, 0) is 0 Å². The van der Waals surface area contributed by atoms with Crippen molar-refractivity contribution in [2.24, 2.45) is 5.92 Å². The summed E-state index contributed by atoms with van der Waals surface area (Å²) < 4.78 is 0. The molecule has 2 heterocycles. The quantitative estimate of drug-likeness (QED) is 0.558. The van der Waals surface area contributed by atoms with E-state index in [1.54, 1.807) is 0 Å². The van der Waals surface area contributed by atoms with E-state index in [9.17, 15) is 5.11 Å². The third-order valence-electron chi connectivity index (χ3n) is 3.00. The van der Waals surface area contributed by atoms with Crippen LogP contribution >= 0.6 is 0 Å². The molecular weight excluding hydrogens is 138 g/mol. The molecule has 2 nitrogen and oxygen atoms in total. The Labute approximate surface area is 67.5 Å². The van der Waals surface area contributed by atoms with E-state index < -0.39 is 0 Å². The molecule has 2 aliphatic heterocycles. The van der Waals surface area contributed by atoms with Crippen LogP contribution in [0.25, 0.3) is 0 Å². The molecule has 0 unspecified atom stereocenters. The lowest BCUT2D eigenvalue weighted by molar-refractivity contribution is 0.154. The summed E-state index contributed by atoms with van der Waals surface area (Å²) in [6.45, 7) is 5.80. The minimum Gasteiger partial charge on any atom is -0.391 e. The molecule has 11 heavy (non-hydrogen) atoms. The summed E-state index contributed by atoms with van der Waals surface area (Å²) in [5.41, 5.74) is 0. The highest BCUT2D eigenvalue weighted by molar-refractivity contribution is 5.03. The molecule has 3 atom stereocenters. The number of hydrogen-bond donors (Lipinski definition) is 1. The highest BCUT2D eigenvalue weighted by Gasteiger charge is 2.41. The van der Waals surface area contributed by atoms with Gasteiger partial charge in [-0.05, 0) is 19.4 Å². The van der Waals surface area contributed by atoms with Gasteiger partial charge in [-0.3, -0.25) is 4.90 Å². The molecule has 0 amide bonds. The van der Waals surface area contributed by atoms with Crippen molar-refractivity contribution in [2.75, 3.05) is 13.1 Å². The summed E-state index contributed by atoms with van der Waals surface area (Å²) in [5, 5.41) is 9.58. The monoisotopic (exact) mass is 153 g/mol. The summed E-state index contributed by atoms with van der Waals surface area (Å²) in [7, 11) is 0. The van der Waals surface area contributed by atoms with Crippen LogP contribution in [-0.4, -0.2) is 35.2 Å². The number of rotatable bonds is 1. The maximum atomic E-state index is 9.58. The summed E-state index contributed by atoms with van der Waals surface area (Å²) in [6.07, 6.45) is 4.30. The first-order chi connectivity index (χ1) is 5.33. The average molecular weight is 153 g/mol. The molecular formula is C9H15NO. The first-order valence-electron chi connectivity index (χ1n) is 4.37.